The van der Waals surface area contributed by atoms with Crippen molar-refractivity contribution in [2.45, 2.75) is 12.8 Å². The van der Waals surface area contributed by atoms with Gasteiger partial charge in [0.05, 0.1) is 16.9 Å². The Morgan fingerprint density at radius 2 is 1.60 bits per heavy atom. The molecule has 0 spiro atoms. The second-order valence-corrected chi connectivity index (χ2v) is 8.42. The predicted octanol–water partition coefficient (Wildman–Crippen LogP) is 7.55. The number of anilines is 1. The van der Waals surface area contributed by atoms with Gasteiger partial charge in [0.25, 0.3) is 0 Å². The van der Waals surface area contributed by atoms with Gasteiger partial charge in [-0.2, -0.15) is 18.3 Å². The number of methoxy groups -OCH3 is 1. The fourth-order valence-corrected chi connectivity index (χ4v) is 3.75. The third-order valence-corrected chi connectivity index (χ3v) is 5.54. The lowest BCUT2D eigenvalue weighted by Crippen LogP contribution is -2.16. The van der Waals surface area contributed by atoms with Crippen molar-refractivity contribution in [3.63, 3.8) is 0 Å². The third kappa shape index (κ3) is 6.10. The summed E-state index contributed by atoms with van der Waals surface area (Å²) in [5.41, 5.74) is -1.34. The van der Waals surface area contributed by atoms with Crippen molar-refractivity contribution in [2.75, 3.05) is 12.5 Å². The largest absolute Gasteiger partial charge is 0.493 e. The van der Waals surface area contributed by atoms with Crippen LogP contribution >= 0.6 is 34.2 Å². The van der Waals surface area contributed by atoms with E-state index in [4.69, 9.17) is 21.1 Å². The van der Waals surface area contributed by atoms with Gasteiger partial charge >= 0.3 is 6.18 Å². The van der Waals surface area contributed by atoms with E-state index in [0.717, 1.165) is 11.8 Å². The van der Waals surface area contributed by atoms with E-state index < -0.39 is 40.7 Å². The first kappa shape index (κ1) is 26.9. The number of benzene rings is 3. The molecule has 0 unspecified atom stereocenters. The Bertz CT molecular complexity index is 1240. The maximum Gasteiger partial charge on any atom is 0.422 e. The zero-order valence-corrected chi connectivity index (χ0v) is 20.3. The predicted molar refractivity (Wildman–Crippen MR) is 124 cm³/mol. The first-order chi connectivity index (χ1) is 16.4. The number of ether oxygens (including phenoxy) is 2. The monoisotopic (exact) mass is 632 g/mol. The molecule has 1 N–H and O–H groups in total. The van der Waals surface area contributed by atoms with Gasteiger partial charge in [0.2, 0.25) is 0 Å². The molecule has 0 heterocycles. The molecule has 0 saturated carbocycles. The summed E-state index contributed by atoms with van der Waals surface area (Å²) >= 11 is 7.80. The van der Waals surface area contributed by atoms with E-state index in [9.17, 15) is 30.7 Å². The van der Waals surface area contributed by atoms with Crippen LogP contribution < -0.4 is 14.9 Å². The molecule has 0 saturated heterocycles. The van der Waals surface area contributed by atoms with Crippen molar-refractivity contribution in [3.05, 3.63) is 85.0 Å². The van der Waals surface area contributed by atoms with E-state index >= 15 is 0 Å². The normalized spacial score (nSPS) is 11.7. The maximum absolute atomic E-state index is 14.0. The quantitative estimate of drug-likeness (QED) is 0.0962. The summed E-state index contributed by atoms with van der Waals surface area (Å²) in [6.07, 6.45) is -4.62. The lowest BCUT2D eigenvalue weighted by atomic mass is 10.1. The van der Waals surface area contributed by atoms with Gasteiger partial charge in [-0.3, -0.25) is 5.43 Å². The van der Waals surface area contributed by atoms with E-state index in [1.165, 1.54) is 13.2 Å². The fraction of sp³-hybridized carbons (Fsp3) is 0.136. The van der Waals surface area contributed by atoms with Crippen LogP contribution in [0.1, 0.15) is 16.7 Å². The highest BCUT2D eigenvalue weighted by atomic mass is 127. The Balaban J connectivity index is 1.82. The summed E-state index contributed by atoms with van der Waals surface area (Å²) in [5.74, 6) is -9.06. The highest BCUT2D eigenvalue weighted by Crippen LogP contribution is 2.38. The molecule has 3 rings (SSSR count). The van der Waals surface area contributed by atoms with Gasteiger partial charge in [-0.05, 0) is 58.0 Å². The molecule has 35 heavy (non-hydrogen) atoms. The Morgan fingerprint density at radius 3 is 2.14 bits per heavy atom. The molecular formula is C22H13ClF7IN2O2. The Labute approximate surface area is 212 Å². The van der Waals surface area contributed by atoms with Crippen LogP contribution in [-0.2, 0) is 12.8 Å². The number of nitrogens with zero attached hydrogens (tertiary/aromatic N) is 1. The number of halogens is 9. The van der Waals surface area contributed by atoms with Crippen molar-refractivity contribution >= 4 is 46.1 Å². The minimum absolute atomic E-state index is 0.197. The van der Waals surface area contributed by atoms with Crippen LogP contribution in [0.3, 0.4) is 0 Å². The minimum Gasteiger partial charge on any atom is -0.493 e. The number of nitrogens with one attached hydrogen (secondary N) is 1. The van der Waals surface area contributed by atoms with Crippen LogP contribution in [0.5, 0.6) is 11.5 Å². The molecule has 0 atom stereocenters. The summed E-state index contributed by atoms with van der Waals surface area (Å²) in [6.45, 7) is 0.197. The summed E-state index contributed by atoms with van der Waals surface area (Å²) in [7, 11) is 1.37. The number of hydrogen-bond acceptors (Lipinski definition) is 4. The molecule has 0 aromatic heterocycles. The van der Waals surface area contributed by atoms with Crippen LogP contribution in [0.25, 0.3) is 0 Å². The first-order valence-corrected chi connectivity index (χ1v) is 10.9. The molecule has 0 fully saturated rings. The molecule has 0 aliphatic carbocycles. The van der Waals surface area contributed by atoms with Crippen LogP contribution in [0, 0.1) is 26.8 Å². The molecule has 13 heteroatoms. The van der Waals surface area contributed by atoms with Gasteiger partial charge in [-0.1, -0.05) is 23.7 Å². The van der Waals surface area contributed by atoms with Crippen molar-refractivity contribution in [1.82, 2.24) is 0 Å². The average Bonchev–Trinajstić information content (AvgIpc) is 2.79. The fourth-order valence-electron chi connectivity index (χ4n) is 2.84. The third-order valence-electron chi connectivity index (χ3n) is 4.49. The summed E-state index contributed by atoms with van der Waals surface area (Å²) in [6, 6.07) is 9.96. The standard InChI is InChI=1S/C22H13ClF7IN2O2/c1-34-14-7-11(6-13(31)21(14)35-9-10-2-4-12(23)5-3-10)8-32-33-20-18(26)16(24)15(22(28,29)30)17(25)19(20)27/h2-8,33H,9H2,1H3/b32-8-. The highest BCUT2D eigenvalue weighted by molar-refractivity contribution is 14.1. The molecular weight excluding hydrogens is 620 g/mol. The van der Waals surface area contributed by atoms with Crippen molar-refractivity contribution in [3.8, 4) is 11.5 Å². The van der Waals surface area contributed by atoms with Gasteiger partial charge in [0.15, 0.2) is 34.8 Å². The van der Waals surface area contributed by atoms with E-state index in [1.807, 2.05) is 22.6 Å². The number of rotatable bonds is 7. The summed E-state index contributed by atoms with van der Waals surface area (Å²) < 4.78 is 105. The highest BCUT2D eigenvalue weighted by Gasteiger charge is 2.42. The molecule has 3 aromatic carbocycles. The van der Waals surface area contributed by atoms with E-state index in [2.05, 4.69) is 5.10 Å². The van der Waals surface area contributed by atoms with Crippen LogP contribution in [-0.4, -0.2) is 13.3 Å². The van der Waals surface area contributed by atoms with Gasteiger partial charge in [0, 0.05) is 5.02 Å². The van der Waals surface area contributed by atoms with Gasteiger partial charge in [-0.25, -0.2) is 17.6 Å². The molecule has 4 nitrogen and oxygen atoms in total. The summed E-state index contributed by atoms with van der Waals surface area (Å²) in [5, 5.41) is 4.04. The maximum atomic E-state index is 14.0. The lowest BCUT2D eigenvalue weighted by molar-refractivity contribution is -0.143. The molecule has 0 radical (unpaired) electrons. The number of alkyl halides is 3. The van der Waals surface area contributed by atoms with Gasteiger partial charge in [-0.15, -0.1) is 0 Å². The van der Waals surface area contributed by atoms with Crippen LogP contribution in [0.2, 0.25) is 5.02 Å². The SMILES string of the molecule is COc1cc(/C=N\Nc2c(F)c(F)c(C(F)(F)F)c(F)c2F)cc(I)c1OCc1ccc(Cl)cc1. The van der Waals surface area contributed by atoms with Gasteiger partial charge in [0.1, 0.15) is 17.9 Å². The Morgan fingerprint density at radius 1 is 1.00 bits per heavy atom. The zero-order valence-electron chi connectivity index (χ0n) is 17.4. The van der Waals surface area contributed by atoms with E-state index in [1.54, 1.807) is 35.8 Å². The van der Waals surface area contributed by atoms with E-state index in [-0.39, 0.29) is 12.4 Å². The van der Waals surface area contributed by atoms with E-state index in [0.29, 0.717) is 19.9 Å². The number of hydrogen-bond donors (Lipinski definition) is 1. The van der Waals surface area contributed by atoms with Crippen molar-refractivity contribution in [1.29, 1.82) is 0 Å². The van der Waals surface area contributed by atoms with Crippen molar-refractivity contribution < 1.29 is 40.2 Å². The Hall–Kier alpha value is -2.74. The second kappa shape index (κ2) is 10.9. The topological polar surface area (TPSA) is 42.8 Å². The van der Waals surface area contributed by atoms with Crippen LogP contribution in [0.4, 0.5) is 36.4 Å². The van der Waals surface area contributed by atoms with Crippen molar-refractivity contribution in [2.24, 2.45) is 5.10 Å². The van der Waals surface area contributed by atoms with Gasteiger partial charge < -0.3 is 9.47 Å². The molecule has 0 amide bonds. The molecule has 186 valence electrons. The minimum atomic E-state index is -5.64. The van der Waals surface area contributed by atoms with Crippen LogP contribution in [0.15, 0.2) is 41.5 Å². The lowest BCUT2D eigenvalue weighted by Gasteiger charge is -2.14. The smallest absolute Gasteiger partial charge is 0.422 e. The first-order valence-electron chi connectivity index (χ1n) is 9.41. The molecule has 3 aromatic rings. The summed E-state index contributed by atoms with van der Waals surface area (Å²) in [4.78, 5) is 0. The molecule has 0 aliphatic rings. The molecule has 0 aliphatic heterocycles. The average molecular weight is 633 g/mol. The second-order valence-electron chi connectivity index (χ2n) is 6.82. The zero-order chi connectivity index (χ0) is 25.9. The molecule has 0 bridgehead atoms. The Kier molecular flexibility index (Phi) is 8.36. The number of hydrazone groups is 1.